The van der Waals surface area contributed by atoms with Crippen molar-refractivity contribution in [3.05, 3.63) is 18.2 Å². The van der Waals surface area contributed by atoms with Crippen LogP contribution in [0.1, 0.15) is 27.7 Å². The van der Waals surface area contributed by atoms with E-state index in [4.69, 9.17) is 18.9 Å². The van der Waals surface area contributed by atoms with E-state index in [0.717, 1.165) is 0 Å². The van der Waals surface area contributed by atoms with Gasteiger partial charge in [0.05, 0.1) is 25.9 Å². The van der Waals surface area contributed by atoms with Crippen LogP contribution in [0.25, 0.3) is 0 Å². The van der Waals surface area contributed by atoms with E-state index in [2.05, 4.69) is 0 Å². The highest BCUT2D eigenvalue weighted by Gasteiger charge is 2.37. The molecule has 1 aliphatic rings. The van der Waals surface area contributed by atoms with Gasteiger partial charge in [-0.25, -0.2) is 9.59 Å². The Bertz CT molecular complexity index is 622. The van der Waals surface area contributed by atoms with E-state index in [1.165, 1.54) is 12.0 Å². The van der Waals surface area contributed by atoms with Crippen LogP contribution in [0.3, 0.4) is 0 Å². The van der Waals surface area contributed by atoms with Crippen LogP contribution < -0.4 is 14.4 Å². The summed E-state index contributed by atoms with van der Waals surface area (Å²) >= 11 is 0. The molecule has 0 saturated carbocycles. The summed E-state index contributed by atoms with van der Waals surface area (Å²) in [5, 5.41) is 0. The number of carbonyl (C=O) groups excluding carboxylic acids is 2. The maximum absolute atomic E-state index is 12.5. The summed E-state index contributed by atoms with van der Waals surface area (Å²) < 4.78 is 21.3. The van der Waals surface area contributed by atoms with E-state index >= 15 is 0 Å². The summed E-state index contributed by atoms with van der Waals surface area (Å²) in [5.41, 5.74) is -0.132. The first-order valence-corrected chi connectivity index (χ1v) is 7.77. The maximum atomic E-state index is 12.5. The molecular formula is C17H23NO6. The Hall–Kier alpha value is -2.44. The molecular weight excluding hydrogens is 314 g/mol. The van der Waals surface area contributed by atoms with E-state index in [1.807, 2.05) is 0 Å². The summed E-state index contributed by atoms with van der Waals surface area (Å²) in [4.78, 5) is 26.0. The lowest BCUT2D eigenvalue weighted by atomic mass is 10.1. The van der Waals surface area contributed by atoms with Crippen molar-refractivity contribution in [1.29, 1.82) is 0 Å². The summed E-state index contributed by atoms with van der Waals surface area (Å²) in [6.07, 6.45) is -1.47. The molecule has 0 saturated heterocycles. The smallest absolute Gasteiger partial charge is 0.415 e. The number of fused-ring (bicyclic) bond motifs is 1. The first-order chi connectivity index (χ1) is 11.2. The van der Waals surface area contributed by atoms with Gasteiger partial charge >= 0.3 is 12.1 Å². The van der Waals surface area contributed by atoms with Crippen molar-refractivity contribution in [2.45, 2.75) is 39.4 Å². The molecule has 0 aliphatic carbocycles. The molecule has 0 radical (unpaired) electrons. The summed E-state index contributed by atoms with van der Waals surface area (Å²) in [6, 6.07) is 5.03. The minimum absolute atomic E-state index is 0.0209. The predicted molar refractivity (Wildman–Crippen MR) is 87.6 cm³/mol. The van der Waals surface area contributed by atoms with Crippen molar-refractivity contribution in [3.8, 4) is 11.5 Å². The zero-order valence-electron chi connectivity index (χ0n) is 14.6. The van der Waals surface area contributed by atoms with Crippen LogP contribution in [-0.2, 0) is 14.3 Å². The number of anilines is 1. The Morgan fingerprint density at radius 2 is 2.04 bits per heavy atom. The van der Waals surface area contributed by atoms with Crippen LogP contribution in [0.4, 0.5) is 10.5 Å². The lowest BCUT2D eigenvalue weighted by molar-refractivity contribution is -0.151. The molecule has 0 fully saturated rings. The zero-order chi connectivity index (χ0) is 17.9. The third-order valence-corrected chi connectivity index (χ3v) is 3.24. The average Bonchev–Trinajstić information content (AvgIpc) is 2.51. The minimum atomic E-state index is -0.919. The Morgan fingerprint density at radius 1 is 1.33 bits per heavy atom. The zero-order valence-corrected chi connectivity index (χ0v) is 14.6. The van der Waals surface area contributed by atoms with Crippen molar-refractivity contribution in [1.82, 2.24) is 0 Å². The van der Waals surface area contributed by atoms with Gasteiger partial charge in [0, 0.05) is 6.07 Å². The lowest BCUT2D eigenvalue weighted by Crippen LogP contribution is -2.49. The number of esters is 1. The number of carbonyl (C=O) groups is 2. The molecule has 24 heavy (non-hydrogen) atoms. The predicted octanol–water partition coefficient (Wildman–Crippen LogP) is 2.76. The topological polar surface area (TPSA) is 74.3 Å². The van der Waals surface area contributed by atoms with Crippen molar-refractivity contribution < 1.29 is 28.5 Å². The first-order valence-electron chi connectivity index (χ1n) is 7.77. The summed E-state index contributed by atoms with van der Waals surface area (Å²) in [6.45, 7) is 7.31. The molecule has 7 nitrogen and oxygen atoms in total. The number of amides is 1. The Kier molecular flexibility index (Phi) is 5.21. The average molecular weight is 337 g/mol. The Balaban J connectivity index is 2.35. The lowest BCUT2D eigenvalue weighted by Gasteiger charge is -2.34. The fourth-order valence-electron chi connectivity index (χ4n) is 2.24. The molecule has 0 N–H and O–H groups in total. The first kappa shape index (κ1) is 17.9. The van der Waals surface area contributed by atoms with Crippen LogP contribution in [0.5, 0.6) is 11.5 Å². The number of ether oxygens (including phenoxy) is 4. The fourth-order valence-corrected chi connectivity index (χ4v) is 2.24. The van der Waals surface area contributed by atoms with Gasteiger partial charge in [-0.15, -0.1) is 0 Å². The molecule has 1 amide bonds. The molecule has 1 aliphatic heterocycles. The Morgan fingerprint density at radius 3 is 2.62 bits per heavy atom. The van der Waals surface area contributed by atoms with Crippen LogP contribution in [0.2, 0.25) is 0 Å². The van der Waals surface area contributed by atoms with E-state index in [-0.39, 0.29) is 13.2 Å². The fraction of sp³-hybridized carbons (Fsp3) is 0.529. The molecule has 1 atom stereocenters. The number of methoxy groups -OCH3 is 1. The van der Waals surface area contributed by atoms with Crippen LogP contribution >= 0.6 is 0 Å². The van der Waals surface area contributed by atoms with Gasteiger partial charge in [0.1, 0.15) is 17.1 Å². The van der Waals surface area contributed by atoms with Crippen molar-refractivity contribution in [3.63, 3.8) is 0 Å². The standard InChI is InChI=1S/C17H23NO6/c1-6-22-15(19)14-10-18(16(20)24-17(2,3)4)12-8-7-11(21-5)9-13(12)23-14/h7-9,14H,6,10H2,1-5H3. The monoisotopic (exact) mass is 337 g/mol. The van der Waals surface area contributed by atoms with Gasteiger partial charge in [-0.1, -0.05) is 0 Å². The Labute approximate surface area is 141 Å². The third kappa shape index (κ3) is 4.10. The number of hydrogen-bond donors (Lipinski definition) is 0. The molecule has 7 heteroatoms. The van der Waals surface area contributed by atoms with Crippen LogP contribution in [0, 0.1) is 0 Å². The van der Waals surface area contributed by atoms with Crippen LogP contribution in [0.15, 0.2) is 18.2 Å². The SMILES string of the molecule is CCOC(=O)C1CN(C(=O)OC(C)(C)C)c2ccc(OC)cc2O1. The number of hydrogen-bond acceptors (Lipinski definition) is 6. The largest absolute Gasteiger partial charge is 0.497 e. The van der Waals surface area contributed by atoms with Crippen molar-refractivity contribution in [2.24, 2.45) is 0 Å². The van der Waals surface area contributed by atoms with E-state index in [9.17, 15) is 9.59 Å². The molecule has 0 spiro atoms. The van der Waals surface area contributed by atoms with E-state index in [1.54, 1.807) is 45.9 Å². The van der Waals surface area contributed by atoms with Gasteiger partial charge in [-0.2, -0.15) is 0 Å². The normalized spacial score (nSPS) is 16.7. The molecule has 1 aromatic carbocycles. The van der Waals surface area contributed by atoms with Gasteiger partial charge in [0.25, 0.3) is 0 Å². The number of benzene rings is 1. The molecule has 0 bridgehead atoms. The second-order valence-corrected chi connectivity index (χ2v) is 6.28. The second-order valence-electron chi connectivity index (χ2n) is 6.28. The maximum Gasteiger partial charge on any atom is 0.415 e. The quantitative estimate of drug-likeness (QED) is 0.790. The van der Waals surface area contributed by atoms with Gasteiger partial charge in [0.2, 0.25) is 6.10 Å². The molecule has 1 aromatic rings. The highest BCUT2D eigenvalue weighted by molar-refractivity contribution is 5.92. The van der Waals surface area contributed by atoms with Crippen LogP contribution in [-0.4, -0.2) is 44.0 Å². The van der Waals surface area contributed by atoms with E-state index in [0.29, 0.717) is 17.2 Å². The number of nitrogens with zero attached hydrogens (tertiary/aromatic N) is 1. The minimum Gasteiger partial charge on any atom is -0.497 e. The second kappa shape index (κ2) is 6.98. The molecule has 0 aromatic heterocycles. The van der Waals surface area contributed by atoms with Crippen molar-refractivity contribution in [2.75, 3.05) is 25.2 Å². The molecule has 132 valence electrons. The van der Waals surface area contributed by atoms with Gasteiger partial charge in [0.15, 0.2) is 0 Å². The molecule has 2 rings (SSSR count). The molecule has 1 unspecified atom stereocenters. The summed E-state index contributed by atoms with van der Waals surface area (Å²) in [7, 11) is 1.53. The van der Waals surface area contributed by atoms with Gasteiger partial charge in [-0.05, 0) is 39.8 Å². The molecule has 1 heterocycles. The van der Waals surface area contributed by atoms with Gasteiger partial charge < -0.3 is 18.9 Å². The van der Waals surface area contributed by atoms with Gasteiger partial charge in [-0.3, -0.25) is 4.90 Å². The number of rotatable bonds is 3. The highest BCUT2D eigenvalue weighted by atomic mass is 16.6. The van der Waals surface area contributed by atoms with E-state index < -0.39 is 23.8 Å². The van der Waals surface area contributed by atoms with Crippen molar-refractivity contribution >= 4 is 17.7 Å². The highest BCUT2D eigenvalue weighted by Crippen LogP contribution is 2.37. The summed E-state index contributed by atoms with van der Waals surface area (Å²) in [5.74, 6) is 0.395. The third-order valence-electron chi connectivity index (χ3n) is 3.24.